The Kier molecular flexibility index (Phi) is 4.88. The minimum absolute atomic E-state index is 0.242. The highest BCUT2D eigenvalue weighted by molar-refractivity contribution is 14.1. The molecule has 0 spiro atoms. The molecule has 92 valence electrons. The minimum atomic E-state index is -1.04. The number of carbonyl (C=O) groups is 2. The summed E-state index contributed by atoms with van der Waals surface area (Å²) in [5.74, 6) is -0.965. The molecule has 1 rings (SSSR count). The average Bonchev–Trinajstić information content (AvgIpc) is 2.21. The summed E-state index contributed by atoms with van der Waals surface area (Å²) >= 11 is 2.02. The van der Waals surface area contributed by atoms with Crippen molar-refractivity contribution < 1.29 is 19.4 Å². The maximum atomic E-state index is 10.8. The third kappa shape index (κ3) is 4.31. The van der Waals surface area contributed by atoms with Crippen LogP contribution in [0, 0.1) is 3.57 Å². The molecule has 0 aliphatic carbocycles. The van der Waals surface area contributed by atoms with E-state index in [9.17, 15) is 9.59 Å². The van der Waals surface area contributed by atoms with E-state index in [1.54, 1.807) is 18.2 Å². The third-order valence-electron chi connectivity index (χ3n) is 2.02. The van der Waals surface area contributed by atoms with E-state index in [1.165, 1.54) is 6.92 Å². The van der Waals surface area contributed by atoms with Crippen LogP contribution in [0.4, 0.5) is 0 Å². The predicted octanol–water partition coefficient (Wildman–Crippen LogP) is 1.17. The van der Waals surface area contributed by atoms with Crippen LogP contribution in [-0.4, -0.2) is 23.1 Å². The highest BCUT2D eigenvalue weighted by atomic mass is 127. The molecule has 0 aliphatic heterocycles. The van der Waals surface area contributed by atoms with Crippen LogP contribution >= 0.6 is 22.6 Å². The predicted molar refractivity (Wildman–Crippen MR) is 69.8 cm³/mol. The Morgan fingerprint density at radius 1 is 1.53 bits per heavy atom. The van der Waals surface area contributed by atoms with Crippen molar-refractivity contribution in [2.75, 3.05) is 0 Å². The Labute approximate surface area is 112 Å². The summed E-state index contributed by atoms with van der Waals surface area (Å²) in [5.41, 5.74) is 6.22. The first kappa shape index (κ1) is 13.9. The van der Waals surface area contributed by atoms with E-state index in [0.717, 1.165) is 9.13 Å². The van der Waals surface area contributed by atoms with Gasteiger partial charge in [-0.05, 0) is 46.7 Å². The van der Waals surface area contributed by atoms with Crippen molar-refractivity contribution in [3.63, 3.8) is 0 Å². The molecular formula is C11H12INO4. The Bertz CT molecular complexity index is 447. The molecule has 5 nitrogen and oxygen atoms in total. The fourth-order valence-electron chi connectivity index (χ4n) is 1.25. The van der Waals surface area contributed by atoms with Crippen LogP contribution in [0.1, 0.15) is 12.5 Å². The van der Waals surface area contributed by atoms with Crippen molar-refractivity contribution in [3.05, 3.63) is 27.3 Å². The first-order chi connectivity index (χ1) is 7.90. The quantitative estimate of drug-likeness (QED) is 0.484. The van der Waals surface area contributed by atoms with Gasteiger partial charge in [0.15, 0.2) is 0 Å². The smallest absolute Gasteiger partial charge is 0.320 e. The highest BCUT2D eigenvalue weighted by Gasteiger charge is 2.13. The molecule has 1 atom stereocenters. The second kappa shape index (κ2) is 5.97. The van der Waals surface area contributed by atoms with Crippen molar-refractivity contribution in [3.8, 4) is 5.75 Å². The first-order valence-corrected chi connectivity index (χ1v) is 5.93. The van der Waals surface area contributed by atoms with Crippen molar-refractivity contribution in [2.45, 2.75) is 19.4 Å². The fraction of sp³-hybridized carbons (Fsp3) is 0.273. The van der Waals surface area contributed by atoms with Gasteiger partial charge in [0.05, 0.1) is 3.57 Å². The summed E-state index contributed by atoms with van der Waals surface area (Å²) < 4.78 is 5.70. The number of benzene rings is 1. The molecule has 0 saturated carbocycles. The molecule has 1 aromatic carbocycles. The number of esters is 1. The van der Waals surface area contributed by atoms with Crippen LogP contribution in [-0.2, 0) is 16.0 Å². The number of carboxylic acid groups (broad SMARTS) is 1. The lowest BCUT2D eigenvalue weighted by Crippen LogP contribution is -2.32. The third-order valence-corrected chi connectivity index (χ3v) is 2.87. The summed E-state index contributed by atoms with van der Waals surface area (Å²) in [6.45, 7) is 1.32. The van der Waals surface area contributed by atoms with Gasteiger partial charge in [-0.3, -0.25) is 9.59 Å². The van der Waals surface area contributed by atoms with Gasteiger partial charge >= 0.3 is 11.9 Å². The van der Waals surface area contributed by atoms with E-state index in [2.05, 4.69) is 0 Å². The van der Waals surface area contributed by atoms with Gasteiger partial charge in [0, 0.05) is 6.92 Å². The van der Waals surface area contributed by atoms with Crippen LogP contribution in [0.3, 0.4) is 0 Å². The lowest BCUT2D eigenvalue weighted by molar-refractivity contribution is -0.138. The van der Waals surface area contributed by atoms with E-state index >= 15 is 0 Å². The number of ether oxygens (including phenoxy) is 1. The van der Waals surface area contributed by atoms with E-state index in [4.69, 9.17) is 15.6 Å². The molecule has 1 aromatic rings. The molecule has 0 bridgehead atoms. The Hall–Kier alpha value is -1.15. The Morgan fingerprint density at radius 2 is 2.18 bits per heavy atom. The summed E-state index contributed by atoms with van der Waals surface area (Å²) in [6.07, 6.45) is 0.242. The van der Waals surface area contributed by atoms with Gasteiger partial charge in [-0.1, -0.05) is 6.07 Å². The molecule has 0 fully saturated rings. The van der Waals surface area contributed by atoms with E-state index in [0.29, 0.717) is 5.75 Å². The molecule has 0 aliphatic rings. The van der Waals surface area contributed by atoms with Crippen LogP contribution in [0.15, 0.2) is 18.2 Å². The van der Waals surface area contributed by atoms with Crippen LogP contribution in [0.2, 0.25) is 0 Å². The summed E-state index contributed by atoms with van der Waals surface area (Å²) in [5, 5.41) is 8.69. The van der Waals surface area contributed by atoms with Crippen molar-refractivity contribution >= 4 is 34.5 Å². The number of nitrogens with two attached hydrogens (primary N) is 1. The van der Waals surface area contributed by atoms with Gasteiger partial charge in [0.2, 0.25) is 0 Å². The lowest BCUT2D eigenvalue weighted by Gasteiger charge is -2.09. The molecule has 0 amide bonds. The maximum Gasteiger partial charge on any atom is 0.320 e. The lowest BCUT2D eigenvalue weighted by atomic mass is 10.1. The topological polar surface area (TPSA) is 89.6 Å². The largest absolute Gasteiger partial charge is 0.480 e. The summed E-state index contributed by atoms with van der Waals surface area (Å²) in [7, 11) is 0. The van der Waals surface area contributed by atoms with Crippen LogP contribution in [0.5, 0.6) is 5.75 Å². The molecule has 0 unspecified atom stereocenters. The SMILES string of the molecule is CC(=O)Oc1ccc(C[C@H](N)C(=O)O)cc1I. The number of aliphatic carboxylic acids is 1. The Balaban J connectivity index is 2.81. The molecule has 17 heavy (non-hydrogen) atoms. The monoisotopic (exact) mass is 349 g/mol. The highest BCUT2D eigenvalue weighted by Crippen LogP contribution is 2.22. The van der Waals surface area contributed by atoms with E-state index < -0.39 is 18.0 Å². The first-order valence-electron chi connectivity index (χ1n) is 4.85. The fourth-order valence-corrected chi connectivity index (χ4v) is 1.94. The van der Waals surface area contributed by atoms with Gasteiger partial charge < -0.3 is 15.6 Å². The number of rotatable bonds is 4. The Morgan fingerprint density at radius 3 is 2.65 bits per heavy atom. The number of hydrogen-bond donors (Lipinski definition) is 2. The van der Waals surface area contributed by atoms with Gasteiger partial charge in [-0.25, -0.2) is 0 Å². The zero-order valence-corrected chi connectivity index (χ0v) is 11.3. The standard InChI is InChI=1S/C11H12INO4/c1-6(14)17-10-3-2-7(4-8(10)12)5-9(13)11(15)16/h2-4,9H,5,13H2,1H3,(H,15,16)/t9-/m0/s1. The second-order valence-corrected chi connectivity index (χ2v) is 4.67. The van der Waals surface area contributed by atoms with Gasteiger partial charge in [-0.2, -0.15) is 0 Å². The van der Waals surface area contributed by atoms with Gasteiger partial charge in [0.25, 0.3) is 0 Å². The van der Waals surface area contributed by atoms with Gasteiger partial charge in [-0.15, -0.1) is 0 Å². The average molecular weight is 349 g/mol. The molecule has 0 aromatic heterocycles. The second-order valence-electron chi connectivity index (χ2n) is 3.51. The molecule has 0 radical (unpaired) electrons. The van der Waals surface area contributed by atoms with Crippen LogP contribution in [0.25, 0.3) is 0 Å². The maximum absolute atomic E-state index is 10.8. The number of carboxylic acids is 1. The van der Waals surface area contributed by atoms with Crippen molar-refractivity contribution in [1.82, 2.24) is 0 Å². The minimum Gasteiger partial charge on any atom is -0.480 e. The zero-order valence-electron chi connectivity index (χ0n) is 9.14. The normalized spacial score (nSPS) is 11.9. The number of halogens is 1. The van der Waals surface area contributed by atoms with Crippen LogP contribution < -0.4 is 10.5 Å². The number of hydrogen-bond acceptors (Lipinski definition) is 4. The van der Waals surface area contributed by atoms with Gasteiger partial charge in [0.1, 0.15) is 11.8 Å². The number of carbonyl (C=O) groups excluding carboxylic acids is 1. The molecule has 0 saturated heterocycles. The molecular weight excluding hydrogens is 337 g/mol. The summed E-state index contributed by atoms with van der Waals surface area (Å²) in [6, 6.07) is 4.16. The zero-order chi connectivity index (χ0) is 13.0. The molecule has 0 heterocycles. The van der Waals surface area contributed by atoms with Crippen molar-refractivity contribution in [2.24, 2.45) is 5.73 Å². The molecule has 6 heteroatoms. The van der Waals surface area contributed by atoms with E-state index in [1.807, 2.05) is 22.6 Å². The van der Waals surface area contributed by atoms with Crippen molar-refractivity contribution in [1.29, 1.82) is 0 Å². The summed E-state index contributed by atoms with van der Waals surface area (Å²) in [4.78, 5) is 21.4. The van der Waals surface area contributed by atoms with E-state index in [-0.39, 0.29) is 6.42 Å². The molecule has 3 N–H and O–H groups in total.